The Morgan fingerprint density at radius 2 is 1.87 bits per heavy atom. The number of fused-ring (bicyclic) bond motifs is 1. The molecule has 0 saturated carbocycles. The molecule has 0 unspecified atom stereocenters. The van der Waals surface area contributed by atoms with Crippen molar-refractivity contribution < 1.29 is 9.53 Å². The fraction of sp³-hybridized carbons (Fsp3) is 0.360. The van der Waals surface area contributed by atoms with Crippen LogP contribution in [0.4, 0.5) is 0 Å². The first kappa shape index (κ1) is 22.9. The van der Waals surface area contributed by atoms with Gasteiger partial charge in [0.1, 0.15) is 11.6 Å². The Kier molecular flexibility index (Phi) is 8.53. The van der Waals surface area contributed by atoms with Crippen LogP contribution < -0.4 is 10.1 Å². The number of rotatable bonds is 12. The van der Waals surface area contributed by atoms with Gasteiger partial charge in [0, 0.05) is 30.1 Å². The number of nitrogens with one attached hydrogen (secondary N) is 1. The molecule has 0 atom stereocenters. The van der Waals surface area contributed by atoms with Crippen molar-refractivity contribution in [3.63, 3.8) is 0 Å². The fourth-order valence-electron chi connectivity index (χ4n) is 3.45. The van der Waals surface area contributed by atoms with Gasteiger partial charge in [0.05, 0.1) is 17.6 Å². The lowest BCUT2D eigenvalue weighted by atomic mass is 10.2. The lowest BCUT2D eigenvalue weighted by molar-refractivity contribution is -0.117. The van der Waals surface area contributed by atoms with Gasteiger partial charge in [-0.3, -0.25) is 4.79 Å². The summed E-state index contributed by atoms with van der Waals surface area (Å²) in [6.07, 6.45) is 4.84. The Balaban J connectivity index is 1.50. The summed E-state index contributed by atoms with van der Waals surface area (Å²) in [5.41, 5.74) is 2.75. The molecule has 0 fully saturated rings. The Bertz CT molecular complexity index is 1010. The summed E-state index contributed by atoms with van der Waals surface area (Å²) < 4.78 is 8.15. The molecule has 6 heteroatoms. The minimum atomic E-state index is -0.0670. The fourth-order valence-corrected chi connectivity index (χ4v) is 3.57. The summed E-state index contributed by atoms with van der Waals surface area (Å²) in [4.78, 5) is 16.4. The number of aromatic nitrogens is 2. The summed E-state index contributed by atoms with van der Waals surface area (Å²) >= 11 is 5.92. The second-order valence-corrected chi connectivity index (χ2v) is 8.11. The zero-order valence-corrected chi connectivity index (χ0v) is 18.8. The van der Waals surface area contributed by atoms with Gasteiger partial charge < -0.3 is 14.6 Å². The number of nitrogens with zero attached hydrogens (tertiary/aromatic N) is 2. The highest BCUT2D eigenvalue weighted by Gasteiger charge is 2.10. The number of benzene rings is 2. The van der Waals surface area contributed by atoms with Gasteiger partial charge in [-0.25, -0.2) is 4.98 Å². The van der Waals surface area contributed by atoms with Gasteiger partial charge in [0.2, 0.25) is 5.91 Å². The van der Waals surface area contributed by atoms with Gasteiger partial charge in [-0.1, -0.05) is 36.7 Å². The quantitative estimate of drug-likeness (QED) is 0.296. The van der Waals surface area contributed by atoms with Crippen molar-refractivity contribution in [2.45, 2.75) is 45.6 Å². The van der Waals surface area contributed by atoms with E-state index in [0.717, 1.165) is 61.3 Å². The summed E-state index contributed by atoms with van der Waals surface area (Å²) in [6, 6.07) is 15.7. The number of aryl methyl sites for hydroxylation is 2. The number of hydrogen-bond acceptors (Lipinski definition) is 3. The van der Waals surface area contributed by atoms with Gasteiger partial charge in [0.15, 0.2) is 0 Å². The van der Waals surface area contributed by atoms with Crippen molar-refractivity contribution >= 4 is 28.5 Å². The average molecular weight is 440 g/mol. The standard InChI is InChI=1S/C25H30ClN3O2/c1-19(2)25(30)27-16-7-3-4-11-24-28-22-9-5-6-10-23(22)29(24)17-8-18-31-21-14-12-20(26)13-15-21/h5-6,9-10,12-15H,1,3-4,7-8,11,16-18H2,2H3,(H,27,30). The summed E-state index contributed by atoms with van der Waals surface area (Å²) in [6.45, 7) is 7.56. The maximum Gasteiger partial charge on any atom is 0.246 e. The van der Waals surface area contributed by atoms with Gasteiger partial charge in [-0.15, -0.1) is 0 Å². The Morgan fingerprint density at radius 3 is 2.65 bits per heavy atom. The van der Waals surface area contributed by atoms with Crippen molar-refractivity contribution in [1.29, 1.82) is 0 Å². The number of ether oxygens (including phenoxy) is 1. The molecule has 0 aliphatic carbocycles. The number of para-hydroxylation sites is 2. The molecule has 1 heterocycles. The number of halogens is 1. The topological polar surface area (TPSA) is 56.2 Å². The maximum atomic E-state index is 11.5. The highest BCUT2D eigenvalue weighted by atomic mass is 35.5. The Labute approximate surface area is 189 Å². The molecule has 0 bridgehead atoms. The second kappa shape index (κ2) is 11.6. The number of carbonyl (C=O) groups is 1. The molecule has 0 spiro atoms. The van der Waals surface area contributed by atoms with Crippen molar-refractivity contribution in [1.82, 2.24) is 14.9 Å². The van der Waals surface area contributed by atoms with E-state index in [4.69, 9.17) is 21.3 Å². The third-order valence-corrected chi connectivity index (χ3v) is 5.34. The summed E-state index contributed by atoms with van der Waals surface area (Å²) in [7, 11) is 0. The van der Waals surface area contributed by atoms with Crippen LogP contribution in [0.15, 0.2) is 60.7 Å². The number of hydrogen-bond donors (Lipinski definition) is 1. The average Bonchev–Trinajstić information content (AvgIpc) is 3.12. The molecular weight excluding hydrogens is 410 g/mol. The van der Waals surface area contributed by atoms with Gasteiger partial charge in [0.25, 0.3) is 0 Å². The van der Waals surface area contributed by atoms with E-state index in [-0.39, 0.29) is 5.91 Å². The third kappa shape index (κ3) is 6.86. The summed E-state index contributed by atoms with van der Waals surface area (Å²) in [5, 5.41) is 3.59. The smallest absolute Gasteiger partial charge is 0.246 e. The van der Waals surface area contributed by atoms with Crippen molar-refractivity contribution in [3.8, 4) is 5.75 Å². The zero-order valence-electron chi connectivity index (χ0n) is 18.1. The van der Waals surface area contributed by atoms with Gasteiger partial charge in [-0.2, -0.15) is 0 Å². The van der Waals surface area contributed by atoms with Crippen LogP contribution in [0.2, 0.25) is 5.02 Å². The van der Waals surface area contributed by atoms with Crippen LogP contribution in [0.3, 0.4) is 0 Å². The van der Waals surface area contributed by atoms with E-state index >= 15 is 0 Å². The molecule has 0 radical (unpaired) electrons. The molecule has 164 valence electrons. The molecule has 1 N–H and O–H groups in total. The van der Waals surface area contributed by atoms with Crippen molar-refractivity contribution in [2.24, 2.45) is 0 Å². The zero-order chi connectivity index (χ0) is 22.1. The molecule has 0 aliphatic rings. The largest absolute Gasteiger partial charge is 0.494 e. The van der Waals surface area contributed by atoms with Crippen LogP contribution in [0.1, 0.15) is 38.4 Å². The monoisotopic (exact) mass is 439 g/mol. The Hall–Kier alpha value is -2.79. The Morgan fingerprint density at radius 1 is 1.10 bits per heavy atom. The SMILES string of the molecule is C=C(C)C(=O)NCCCCCc1nc2ccccc2n1CCCOc1ccc(Cl)cc1. The molecule has 31 heavy (non-hydrogen) atoms. The first-order valence-electron chi connectivity index (χ1n) is 10.8. The van der Waals surface area contributed by atoms with Crippen LogP contribution >= 0.6 is 11.6 Å². The van der Waals surface area contributed by atoms with E-state index < -0.39 is 0 Å². The van der Waals surface area contributed by atoms with Crippen LogP contribution in [0.25, 0.3) is 11.0 Å². The van der Waals surface area contributed by atoms with Crippen LogP contribution in [0, 0.1) is 0 Å². The molecule has 3 aromatic rings. The molecular formula is C25H30ClN3O2. The number of unbranched alkanes of at least 4 members (excludes halogenated alkanes) is 2. The predicted molar refractivity (Wildman–Crippen MR) is 127 cm³/mol. The number of imidazole rings is 1. The molecule has 3 rings (SSSR count). The minimum Gasteiger partial charge on any atom is -0.494 e. The van der Waals surface area contributed by atoms with E-state index in [1.807, 2.05) is 30.3 Å². The normalized spacial score (nSPS) is 10.9. The lowest BCUT2D eigenvalue weighted by Crippen LogP contribution is -2.24. The third-order valence-electron chi connectivity index (χ3n) is 5.09. The first-order valence-corrected chi connectivity index (χ1v) is 11.2. The number of carbonyl (C=O) groups excluding carboxylic acids is 1. The highest BCUT2D eigenvalue weighted by molar-refractivity contribution is 6.30. The summed E-state index contributed by atoms with van der Waals surface area (Å²) in [5.74, 6) is 1.88. The second-order valence-electron chi connectivity index (χ2n) is 7.67. The van der Waals surface area contributed by atoms with E-state index in [9.17, 15) is 4.79 Å². The van der Waals surface area contributed by atoms with Gasteiger partial charge in [-0.05, 0) is 62.6 Å². The molecule has 1 amide bonds. The maximum absolute atomic E-state index is 11.5. The predicted octanol–water partition coefficient (Wildman–Crippen LogP) is 5.56. The van der Waals surface area contributed by atoms with Crippen molar-refractivity contribution in [2.75, 3.05) is 13.2 Å². The molecule has 0 saturated heterocycles. The molecule has 2 aromatic carbocycles. The van der Waals surface area contributed by atoms with Crippen molar-refractivity contribution in [3.05, 3.63) is 71.5 Å². The minimum absolute atomic E-state index is 0.0670. The van der Waals surface area contributed by atoms with Crippen LogP contribution in [-0.4, -0.2) is 28.6 Å². The number of amides is 1. The molecule has 0 aliphatic heterocycles. The van der Waals surface area contributed by atoms with Crippen LogP contribution in [-0.2, 0) is 17.8 Å². The highest BCUT2D eigenvalue weighted by Crippen LogP contribution is 2.19. The van der Waals surface area contributed by atoms with Crippen LogP contribution in [0.5, 0.6) is 5.75 Å². The molecule has 5 nitrogen and oxygen atoms in total. The first-order chi connectivity index (χ1) is 15.0. The van der Waals surface area contributed by atoms with Gasteiger partial charge >= 0.3 is 0 Å². The van der Waals surface area contributed by atoms with E-state index in [1.165, 1.54) is 0 Å². The van der Waals surface area contributed by atoms with E-state index in [0.29, 0.717) is 23.7 Å². The lowest BCUT2D eigenvalue weighted by Gasteiger charge is -2.11. The van der Waals surface area contributed by atoms with E-state index in [2.05, 4.69) is 34.7 Å². The molecule has 1 aromatic heterocycles. The van der Waals surface area contributed by atoms with E-state index in [1.54, 1.807) is 6.92 Å².